The number of halogens is 4. The summed E-state index contributed by atoms with van der Waals surface area (Å²) in [6, 6.07) is 16.4. The molecule has 1 aliphatic heterocycles. The second-order valence-corrected chi connectivity index (χ2v) is 9.09. The Morgan fingerprint density at radius 3 is 2.65 bits per heavy atom. The van der Waals surface area contributed by atoms with Gasteiger partial charge in [-0.2, -0.15) is 13.2 Å². The molecule has 2 aromatic carbocycles. The Morgan fingerprint density at radius 1 is 1.03 bits per heavy atom. The maximum atomic E-state index is 13.5. The highest BCUT2D eigenvalue weighted by atomic mass is 19.4. The Hall–Kier alpha value is -3.66. The molecule has 4 aromatic rings. The van der Waals surface area contributed by atoms with Crippen LogP contribution < -0.4 is 10.1 Å². The van der Waals surface area contributed by atoms with Crippen LogP contribution in [0.5, 0.6) is 5.75 Å². The van der Waals surface area contributed by atoms with Gasteiger partial charge < -0.3 is 10.1 Å². The minimum atomic E-state index is -4.51. The molecule has 0 spiro atoms. The molecule has 1 N–H and O–H groups in total. The van der Waals surface area contributed by atoms with Gasteiger partial charge in [0.1, 0.15) is 24.7 Å². The highest BCUT2D eigenvalue weighted by molar-refractivity contribution is 5.81. The van der Waals surface area contributed by atoms with Crippen LogP contribution in [0.4, 0.5) is 23.5 Å². The first-order valence-electron chi connectivity index (χ1n) is 12.2. The van der Waals surface area contributed by atoms with Crippen molar-refractivity contribution in [3.8, 4) is 17.0 Å². The predicted octanol–water partition coefficient (Wildman–Crippen LogP) is 5.84. The Bertz CT molecular complexity index is 1340. The summed E-state index contributed by atoms with van der Waals surface area (Å²) in [6.45, 7) is 1.70. The van der Waals surface area contributed by atoms with Gasteiger partial charge in [-0.15, -0.1) is 10.2 Å². The number of anilines is 1. The molecule has 0 amide bonds. The molecule has 1 atom stereocenters. The van der Waals surface area contributed by atoms with Gasteiger partial charge in [0.05, 0.1) is 11.1 Å². The van der Waals surface area contributed by atoms with E-state index in [1.165, 1.54) is 6.07 Å². The van der Waals surface area contributed by atoms with Crippen molar-refractivity contribution in [3.63, 3.8) is 0 Å². The lowest BCUT2D eigenvalue weighted by Gasteiger charge is -2.32. The fourth-order valence-corrected chi connectivity index (χ4v) is 4.67. The van der Waals surface area contributed by atoms with Crippen molar-refractivity contribution in [1.29, 1.82) is 0 Å². The molecule has 6 nitrogen and oxygen atoms in total. The van der Waals surface area contributed by atoms with Crippen molar-refractivity contribution >= 4 is 11.5 Å². The average Bonchev–Trinajstić information content (AvgIpc) is 3.39. The highest BCUT2D eigenvalue weighted by Gasteiger charge is 2.32. The molecule has 2 aromatic heterocycles. The quantitative estimate of drug-likeness (QED) is 0.300. The molecule has 1 saturated heterocycles. The van der Waals surface area contributed by atoms with Gasteiger partial charge in [-0.1, -0.05) is 30.3 Å². The van der Waals surface area contributed by atoms with Crippen LogP contribution in [0.1, 0.15) is 24.0 Å². The summed E-state index contributed by atoms with van der Waals surface area (Å²) in [7, 11) is 0. The van der Waals surface area contributed by atoms with Crippen molar-refractivity contribution in [2.75, 3.05) is 31.6 Å². The number of aromatic nitrogens is 3. The van der Waals surface area contributed by atoms with Crippen LogP contribution in [-0.2, 0) is 12.8 Å². The zero-order chi connectivity index (χ0) is 25.8. The van der Waals surface area contributed by atoms with Crippen LogP contribution in [0.2, 0.25) is 0 Å². The minimum Gasteiger partial charge on any atom is -0.488 e. The number of nitrogens with zero attached hydrogens (tertiary/aromatic N) is 4. The van der Waals surface area contributed by atoms with Crippen molar-refractivity contribution in [1.82, 2.24) is 19.5 Å². The minimum absolute atomic E-state index is 0.0749. The third-order valence-corrected chi connectivity index (χ3v) is 6.50. The van der Waals surface area contributed by atoms with Gasteiger partial charge in [0, 0.05) is 30.9 Å². The Labute approximate surface area is 211 Å². The molecule has 3 heterocycles. The van der Waals surface area contributed by atoms with Gasteiger partial charge in [0.15, 0.2) is 0 Å². The first-order valence-corrected chi connectivity index (χ1v) is 12.2. The van der Waals surface area contributed by atoms with Gasteiger partial charge in [-0.05, 0) is 55.3 Å². The van der Waals surface area contributed by atoms with Gasteiger partial charge in [-0.3, -0.25) is 9.30 Å². The topological polar surface area (TPSA) is 54.7 Å². The lowest BCUT2D eigenvalue weighted by Crippen LogP contribution is -2.43. The Balaban J connectivity index is 1.47. The van der Waals surface area contributed by atoms with Crippen molar-refractivity contribution in [3.05, 3.63) is 78.0 Å². The van der Waals surface area contributed by atoms with E-state index >= 15 is 0 Å². The molecular formula is C27H27F4N5O. The Morgan fingerprint density at radius 2 is 1.86 bits per heavy atom. The molecular weight excluding hydrogens is 486 g/mol. The van der Waals surface area contributed by atoms with E-state index in [1.807, 2.05) is 53.1 Å². The molecule has 1 fully saturated rings. The van der Waals surface area contributed by atoms with Gasteiger partial charge in [0.25, 0.3) is 0 Å². The number of nitrogens with one attached hydrogen (secondary N) is 1. The van der Waals surface area contributed by atoms with E-state index in [1.54, 1.807) is 0 Å². The first kappa shape index (κ1) is 25.0. The van der Waals surface area contributed by atoms with Crippen LogP contribution in [0, 0.1) is 0 Å². The summed E-state index contributed by atoms with van der Waals surface area (Å²) in [5, 5.41) is 12.2. The Kier molecular flexibility index (Phi) is 7.27. The van der Waals surface area contributed by atoms with E-state index in [2.05, 4.69) is 20.4 Å². The summed E-state index contributed by atoms with van der Waals surface area (Å²) in [5.41, 5.74) is 1.54. The van der Waals surface area contributed by atoms with Crippen LogP contribution >= 0.6 is 0 Å². The largest absolute Gasteiger partial charge is 0.488 e. The van der Waals surface area contributed by atoms with E-state index in [4.69, 9.17) is 4.74 Å². The lowest BCUT2D eigenvalue weighted by atomic mass is 10.1. The van der Waals surface area contributed by atoms with Crippen LogP contribution in [-0.4, -0.2) is 51.8 Å². The van der Waals surface area contributed by atoms with E-state index in [0.29, 0.717) is 35.8 Å². The van der Waals surface area contributed by atoms with Crippen molar-refractivity contribution in [2.24, 2.45) is 0 Å². The summed E-state index contributed by atoms with van der Waals surface area (Å²) in [4.78, 5) is 2.08. The van der Waals surface area contributed by atoms with E-state index in [0.717, 1.165) is 37.1 Å². The molecule has 1 aliphatic rings. The number of fused-ring (bicyclic) bond motifs is 1. The number of hydrogen-bond acceptors (Lipinski definition) is 5. The second kappa shape index (κ2) is 10.8. The fraction of sp³-hybridized carbons (Fsp3) is 0.333. The predicted molar refractivity (Wildman–Crippen MR) is 133 cm³/mol. The number of benzene rings is 2. The zero-order valence-electron chi connectivity index (χ0n) is 20.1. The molecule has 194 valence electrons. The SMILES string of the molecule is FCCN1CCC[C@@H](Nc2nnc(-c3ccc(C(F)(F)F)cc3OCc3ccccc3)c3cccn23)C1. The van der Waals surface area contributed by atoms with Gasteiger partial charge in [0.2, 0.25) is 5.95 Å². The van der Waals surface area contributed by atoms with Crippen molar-refractivity contribution < 1.29 is 22.3 Å². The van der Waals surface area contributed by atoms with Gasteiger partial charge in [-0.25, -0.2) is 4.39 Å². The maximum Gasteiger partial charge on any atom is 0.416 e. The molecule has 0 aliphatic carbocycles. The van der Waals surface area contributed by atoms with Crippen LogP contribution in [0.15, 0.2) is 66.9 Å². The van der Waals surface area contributed by atoms with E-state index < -0.39 is 11.7 Å². The first-order chi connectivity index (χ1) is 17.9. The fourth-order valence-electron chi connectivity index (χ4n) is 4.67. The standard InChI is InChI=1S/C27H27F4N5O/c28-12-15-35-13-4-8-21(17-35)32-26-34-33-25(23-9-5-14-36(23)26)22-11-10-20(27(29,30)31)16-24(22)37-18-19-6-2-1-3-7-19/h1-3,5-7,9-11,14,16,21H,4,8,12-13,15,17-18H2,(H,32,34)/t21-/m1/s1. The summed E-state index contributed by atoms with van der Waals surface area (Å²) in [6.07, 6.45) is -0.813. The van der Waals surface area contributed by atoms with Gasteiger partial charge >= 0.3 is 6.18 Å². The van der Waals surface area contributed by atoms with Crippen LogP contribution in [0.3, 0.4) is 0 Å². The highest BCUT2D eigenvalue weighted by Crippen LogP contribution is 2.38. The number of ether oxygens (including phenoxy) is 1. The van der Waals surface area contributed by atoms with E-state index in [-0.39, 0.29) is 25.1 Å². The summed E-state index contributed by atoms with van der Waals surface area (Å²) >= 11 is 0. The molecule has 0 unspecified atom stereocenters. The zero-order valence-corrected chi connectivity index (χ0v) is 20.1. The maximum absolute atomic E-state index is 13.5. The molecule has 0 radical (unpaired) electrons. The monoisotopic (exact) mass is 513 g/mol. The van der Waals surface area contributed by atoms with Crippen molar-refractivity contribution in [2.45, 2.75) is 31.7 Å². The molecule has 10 heteroatoms. The molecule has 37 heavy (non-hydrogen) atoms. The smallest absolute Gasteiger partial charge is 0.416 e. The second-order valence-electron chi connectivity index (χ2n) is 9.09. The number of rotatable bonds is 8. The third-order valence-electron chi connectivity index (χ3n) is 6.50. The average molecular weight is 514 g/mol. The molecule has 5 rings (SSSR count). The lowest BCUT2D eigenvalue weighted by molar-refractivity contribution is -0.137. The normalized spacial score (nSPS) is 16.7. The van der Waals surface area contributed by atoms with E-state index in [9.17, 15) is 17.6 Å². The third kappa shape index (κ3) is 5.69. The number of hydrogen-bond donors (Lipinski definition) is 1. The number of likely N-dealkylation sites (tertiary alicyclic amines) is 1. The number of piperidine rings is 1. The number of alkyl halides is 4. The summed E-state index contributed by atoms with van der Waals surface area (Å²) < 4.78 is 61.0. The molecule has 0 bridgehead atoms. The summed E-state index contributed by atoms with van der Waals surface area (Å²) in [5.74, 6) is 0.598. The molecule has 0 saturated carbocycles. The van der Waals surface area contributed by atoms with Crippen LogP contribution in [0.25, 0.3) is 16.8 Å².